The molecular weight excluding hydrogens is 328 g/mol. The first-order valence-corrected chi connectivity index (χ1v) is 8.57. The highest BCUT2D eigenvalue weighted by atomic mass is 16.6. The van der Waals surface area contributed by atoms with Crippen molar-refractivity contribution in [2.45, 2.75) is 19.4 Å². The number of hydrogen-bond donors (Lipinski definition) is 0. The number of benzene rings is 2. The van der Waals surface area contributed by atoms with Gasteiger partial charge in [0.05, 0.1) is 5.56 Å². The standard InChI is InChI=1S/C22H16O4/c1-12-11-18-19(20(23)13(12)2)22(16-9-5-6-10-17(16)25-18)15-8-4-3-7-14(15)21(24)26-22/h3-11,19H,1-2H3. The number of para-hydroxylation sites is 1. The lowest BCUT2D eigenvalue weighted by Crippen LogP contribution is -2.47. The van der Waals surface area contributed by atoms with Gasteiger partial charge in [-0.05, 0) is 43.2 Å². The van der Waals surface area contributed by atoms with Gasteiger partial charge >= 0.3 is 5.97 Å². The monoisotopic (exact) mass is 344 g/mol. The quantitative estimate of drug-likeness (QED) is 0.680. The Kier molecular flexibility index (Phi) is 2.88. The van der Waals surface area contributed by atoms with Crippen LogP contribution in [-0.4, -0.2) is 11.8 Å². The Morgan fingerprint density at radius 1 is 0.923 bits per heavy atom. The molecule has 0 saturated heterocycles. The maximum atomic E-state index is 13.3. The molecule has 2 aromatic rings. The maximum Gasteiger partial charge on any atom is 0.339 e. The first-order chi connectivity index (χ1) is 12.5. The highest BCUT2D eigenvalue weighted by molar-refractivity contribution is 6.05. The van der Waals surface area contributed by atoms with Crippen molar-refractivity contribution < 1.29 is 19.1 Å². The van der Waals surface area contributed by atoms with Gasteiger partial charge in [-0.25, -0.2) is 4.79 Å². The van der Waals surface area contributed by atoms with Crippen LogP contribution >= 0.6 is 0 Å². The zero-order valence-corrected chi connectivity index (χ0v) is 14.4. The van der Waals surface area contributed by atoms with Crippen LogP contribution in [0.1, 0.15) is 35.3 Å². The summed E-state index contributed by atoms with van der Waals surface area (Å²) in [5.41, 5.74) is 2.28. The summed E-state index contributed by atoms with van der Waals surface area (Å²) in [5.74, 6) is -0.0537. The number of hydrogen-bond acceptors (Lipinski definition) is 4. The van der Waals surface area contributed by atoms with Crippen molar-refractivity contribution in [2.24, 2.45) is 5.92 Å². The van der Waals surface area contributed by atoms with Crippen LogP contribution in [0, 0.1) is 5.92 Å². The lowest BCUT2D eigenvalue weighted by molar-refractivity contribution is -0.127. The number of ether oxygens (including phenoxy) is 2. The molecule has 3 aliphatic rings. The number of carbonyl (C=O) groups excluding carboxylic acids is 2. The maximum absolute atomic E-state index is 13.3. The topological polar surface area (TPSA) is 52.6 Å². The predicted octanol–water partition coefficient (Wildman–Crippen LogP) is 3.91. The van der Waals surface area contributed by atoms with Gasteiger partial charge in [-0.15, -0.1) is 0 Å². The fraction of sp³-hybridized carbons (Fsp3) is 0.182. The third-order valence-corrected chi connectivity index (χ3v) is 5.59. The molecule has 1 spiro atoms. The van der Waals surface area contributed by atoms with Gasteiger partial charge in [0.1, 0.15) is 17.4 Å². The van der Waals surface area contributed by atoms with Crippen LogP contribution in [0.15, 0.2) is 71.5 Å². The molecule has 0 fully saturated rings. The molecule has 5 rings (SSSR count). The fourth-order valence-corrected chi connectivity index (χ4v) is 4.22. The Morgan fingerprint density at radius 2 is 1.62 bits per heavy atom. The van der Waals surface area contributed by atoms with E-state index in [1.807, 2.05) is 56.3 Å². The third-order valence-electron chi connectivity index (χ3n) is 5.59. The van der Waals surface area contributed by atoms with Gasteiger partial charge in [0.25, 0.3) is 0 Å². The van der Waals surface area contributed by atoms with E-state index in [0.717, 1.165) is 11.1 Å². The smallest absolute Gasteiger partial charge is 0.339 e. The van der Waals surface area contributed by atoms with Crippen LogP contribution in [0.25, 0.3) is 0 Å². The molecule has 0 bridgehead atoms. The van der Waals surface area contributed by atoms with Gasteiger partial charge in [0.2, 0.25) is 0 Å². The first kappa shape index (κ1) is 15.1. The van der Waals surface area contributed by atoms with Gasteiger partial charge in [-0.3, -0.25) is 4.79 Å². The number of esters is 1. The number of Topliss-reactive ketones (excluding diaryl/α,β-unsaturated/α-hetero) is 1. The molecule has 1 aliphatic carbocycles. The summed E-state index contributed by atoms with van der Waals surface area (Å²) in [4.78, 5) is 26.0. The third kappa shape index (κ3) is 1.69. The molecule has 2 aliphatic heterocycles. The Balaban J connectivity index is 1.88. The van der Waals surface area contributed by atoms with E-state index in [9.17, 15) is 9.59 Å². The van der Waals surface area contributed by atoms with Crippen molar-refractivity contribution >= 4 is 11.8 Å². The Bertz CT molecular complexity index is 1060. The number of fused-ring (bicyclic) bond motifs is 6. The van der Waals surface area contributed by atoms with Crippen molar-refractivity contribution in [1.29, 1.82) is 0 Å². The predicted molar refractivity (Wildman–Crippen MR) is 94.7 cm³/mol. The number of rotatable bonds is 0. The summed E-state index contributed by atoms with van der Waals surface area (Å²) in [6.07, 6.45) is 1.88. The van der Waals surface area contributed by atoms with Crippen LogP contribution < -0.4 is 4.74 Å². The molecular formula is C22H16O4. The van der Waals surface area contributed by atoms with E-state index < -0.39 is 17.5 Å². The van der Waals surface area contributed by atoms with Crippen LogP contribution in [0.5, 0.6) is 5.75 Å². The lowest BCUT2D eigenvalue weighted by Gasteiger charge is -2.43. The molecule has 0 radical (unpaired) electrons. The zero-order valence-electron chi connectivity index (χ0n) is 14.4. The van der Waals surface area contributed by atoms with Gasteiger partial charge < -0.3 is 9.47 Å². The number of carbonyl (C=O) groups is 2. The molecule has 4 heteroatoms. The molecule has 0 saturated carbocycles. The minimum Gasteiger partial charge on any atom is -0.460 e. The lowest BCUT2D eigenvalue weighted by atomic mass is 9.68. The van der Waals surface area contributed by atoms with Crippen LogP contribution in [0.3, 0.4) is 0 Å². The largest absolute Gasteiger partial charge is 0.460 e. The average molecular weight is 344 g/mol. The van der Waals surface area contributed by atoms with E-state index in [4.69, 9.17) is 9.47 Å². The highest BCUT2D eigenvalue weighted by Crippen LogP contribution is 2.56. The van der Waals surface area contributed by atoms with E-state index in [1.54, 1.807) is 12.1 Å². The van der Waals surface area contributed by atoms with E-state index in [1.165, 1.54) is 0 Å². The van der Waals surface area contributed by atoms with Crippen molar-refractivity contribution in [1.82, 2.24) is 0 Å². The van der Waals surface area contributed by atoms with Crippen molar-refractivity contribution in [2.75, 3.05) is 0 Å². The van der Waals surface area contributed by atoms with E-state index in [0.29, 0.717) is 28.2 Å². The average Bonchev–Trinajstić information content (AvgIpc) is 2.93. The second kappa shape index (κ2) is 4.94. The molecule has 0 N–H and O–H groups in total. The normalized spacial score (nSPS) is 25.9. The Hall–Kier alpha value is -3.14. The summed E-state index contributed by atoms with van der Waals surface area (Å²) in [7, 11) is 0. The summed E-state index contributed by atoms with van der Waals surface area (Å²) in [6.45, 7) is 3.70. The molecule has 128 valence electrons. The molecule has 2 atom stereocenters. The number of allylic oxidation sites excluding steroid dienone is 3. The van der Waals surface area contributed by atoms with Crippen LogP contribution in [0.2, 0.25) is 0 Å². The Morgan fingerprint density at radius 3 is 2.42 bits per heavy atom. The zero-order chi connectivity index (χ0) is 18.1. The van der Waals surface area contributed by atoms with Crippen LogP contribution in [-0.2, 0) is 15.1 Å². The highest BCUT2D eigenvalue weighted by Gasteiger charge is 2.61. The minimum atomic E-state index is -1.19. The van der Waals surface area contributed by atoms with E-state index in [-0.39, 0.29) is 5.78 Å². The molecule has 0 amide bonds. The second-order valence-electron chi connectivity index (χ2n) is 6.92. The van der Waals surface area contributed by atoms with E-state index >= 15 is 0 Å². The minimum absolute atomic E-state index is 0.0704. The van der Waals surface area contributed by atoms with Gasteiger partial charge in [-0.2, -0.15) is 0 Å². The van der Waals surface area contributed by atoms with Gasteiger partial charge in [-0.1, -0.05) is 36.4 Å². The van der Waals surface area contributed by atoms with Gasteiger partial charge in [0.15, 0.2) is 11.4 Å². The van der Waals surface area contributed by atoms with Crippen molar-refractivity contribution in [3.05, 3.63) is 88.2 Å². The van der Waals surface area contributed by atoms with Crippen LogP contribution in [0.4, 0.5) is 0 Å². The second-order valence-corrected chi connectivity index (χ2v) is 6.92. The van der Waals surface area contributed by atoms with E-state index in [2.05, 4.69) is 0 Å². The SMILES string of the molecule is CC1=C(C)C(=O)C2C(=C1)Oc1ccccc1C21OC(=O)c2ccccc21. The molecule has 26 heavy (non-hydrogen) atoms. The summed E-state index contributed by atoms with van der Waals surface area (Å²) in [5, 5.41) is 0. The number of ketones is 1. The summed E-state index contributed by atoms with van der Waals surface area (Å²) < 4.78 is 12.1. The Labute approximate surface area is 150 Å². The summed E-state index contributed by atoms with van der Waals surface area (Å²) in [6, 6.07) is 14.7. The molecule has 4 nitrogen and oxygen atoms in total. The van der Waals surface area contributed by atoms with Crippen molar-refractivity contribution in [3.8, 4) is 5.75 Å². The summed E-state index contributed by atoms with van der Waals surface area (Å²) >= 11 is 0. The molecule has 2 aromatic carbocycles. The fourth-order valence-electron chi connectivity index (χ4n) is 4.22. The first-order valence-electron chi connectivity index (χ1n) is 8.57. The molecule has 0 aromatic heterocycles. The van der Waals surface area contributed by atoms with Crippen molar-refractivity contribution in [3.63, 3.8) is 0 Å². The molecule has 2 heterocycles. The molecule has 2 unspecified atom stereocenters. The van der Waals surface area contributed by atoms with Gasteiger partial charge in [0, 0.05) is 11.1 Å².